The number of pyridine rings is 1. The molecular formula is C24H29NO7. The van der Waals surface area contributed by atoms with Crippen LogP contribution in [0.5, 0.6) is 11.5 Å². The fourth-order valence-electron chi connectivity index (χ4n) is 4.74. The van der Waals surface area contributed by atoms with Crippen molar-refractivity contribution < 1.29 is 28.8 Å². The van der Waals surface area contributed by atoms with Gasteiger partial charge in [-0.1, -0.05) is 0 Å². The number of fused-ring (bicyclic) bond motifs is 4. The lowest BCUT2D eigenvalue weighted by Crippen LogP contribution is -2.53. The number of esters is 1. The molecule has 8 heteroatoms. The number of hydrogen-bond donors (Lipinski definition) is 1. The molecule has 1 aromatic carbocycles. The molecule has 0 radical (unpaired) electrons. The maximum Gasteiger partial charge on any atom is 0.343 e. The van der Waals surface area contributed by atoms with Crippen molar-refractivity contribution in [1.82, 2.24) is 4.57 Å². The highest BCUT2D eigenvalue weighted by molar-refractivity contribution is 5.89. The SMILES string of the molecule is CCOC(=O)c1cn2c(cc1=O)-c1cc(OC)c(OCCCOC)cc1CC21CC(O)C1. The lowest BCUT2D eigenvalue weighted by molar-refractivity contribution is -0.0235. The number of aromatic nitrogens is 1. The molecule has 32 heavy (non-hydrogen) atoms. The van der Waals surface area contributed by atoms with Crippen LogP contribution in [-0.4, -0.2) is 55.8 Å². The molecule has 2 aromatic rings. The topological polar surface area (TPSA) is 96.2 Å². The van der Waals surface area contributed by atoms with Gasteiger partial charge in [-0.05, 0) is 43.9 Å². The molecule has 0 amide bonds. The maximum absolute atomic E-state index is 12.8. The van der Waals surface area contributed by atoms with Gasteiger partial charge in [-0.2, -0.15) is 0 Å². The first-order valence-corrected chi connectivity index (χ1v) is 10.9. The summed E-state index contributed by atoms with van der Waals surface area (Å²) in [7, 11) is 3.23. The predicted molar refractivity (Wildman–Crippen MR) is 118 cm³/mol. The van der Waals surface area contributed by atoms with Crippen LogP contribution in [0.4, 0.5) is 0 Å². The molecule has 172 valence electrons. The van der Waals surface area contributed by atoms with Crippen LogP contribution in [-0.2, 0) is 21.4 Å². The zero-order valence-electron chi connectivity index (χ0n) is 18.7. The van der Waals surface area contributed by atoms with E-state index < -0.39 is 23.0 Å². The van der Waals surface area contributed by atoms with E-state index in [-0.39, 0.29) is 12.2 Å². The summed E-state index contributed by atoms with van der Waals surface area (Å²) in [6, 6.07) is 5.31. The minimum absolute atomic E-state index is 0.00452. The van der Waals surface area contributed by atoms with E-state index in [4.69, 9.17) is 18.9 Å². The first-order chi connectivity index (χ1) is 15.4. The van der Waals surface area contributed by atoms with E-state index in [2.05, 4.69) is 0 Å². The Balaban J connectivity index is 1.80. The average molecular weight is 443 g/mol. The summed E-state index contributed by atoms with van der Waals surface area (Å²) in [5.41, 5.74) is 1.77. The molecular weight excluding hydrogens is 414 g/mol. The second kappa shape index (κ2) is 8.96. The van der Waals surface area contributed by atoms with Gasteiger partial charge in [0.2, 0.25) is 0 Å². The van der Waals surface area contributed by atoms with Gasteiger partial charge in [0.25, 0.3) is 0 Å². The summed E-state index contributed by atoms with van der Waals surface area (Å²) in [6.45, 7) is 2.99. The van der Waals surface area contributed by atoms with Crippen LogP contribution in [0.1, 0.15) is 42.1 Å². The number of methoxy groups -OCH3 is 2. The van der Waals surface area contributed by atoms with Crippen LogP contribution in [0.25, 0.3) is 11.3 Å². The monoisotopic (exact) mass is 443 g/mol. The molecule has 1 spiro atoms. The Bertz CT molecular complexity index is 1070. The minimum atomic E-state index is -0.633. The van der Waals surface area contributed by atoms with Crippen LogP contribution >= 0.6 is 0 Å². The van der Waals surface area contributed by atoms with Gasteiger partial charge < -0.3 is 28.6 Å². The van der Waals surface area contributed by atoms with Gasteiger partial charge >= 0.3 is 5.97 Å². The molecule has 1 saturated carbocycles. The number of aliphatic hydroxyl groups excluding tert-OH is 1. The quantitative estimate of drug-likeness (QED) is 0.495. The van der Waals surface area contributed by atoms with Gasteiger partial charge in [-0.15, -0.1) is 0 Å². The second-order valence-electron chi connectivity index (χ2n) is 8.35. The Labute approximate surface area is 186 Å². The van der Waals surface area contributed by atoms with E-state index >= 15 is 0 Å². The first kappa shape index (κ1) is 22.4. The van der Waals surface area contributed by atoms with Crippen molar-refractivity contribution in [2.75, 3.05) is 34.0 Å². The van der Waals surface area contributed by atoms with Crippen molar-refractivity contribution in [3.8, 4) is 22.8 Å². The molecule has 2 heterocycles. The lowest BCUT2D eigenvalue weighted by atomic mass is 9.67. The summed E-state index contributed by atoms with van der Waals surface area (Å²) < 4.78 is 23.6. The second-order valence-corrected chi connectivity index (χ2v) is 8.35. The van der Waals surface area contributed by atoms with Crippen LogP contribution in [0.15, 0.2) is 29.2 Å². The van der Waals surface area contributed by atoms with E-state index in [0.717, 1.165) is 17.5 Å². The molecule has 0 atom stereocenters. The van der Waals surface area contributed by atoms with Crippen molar-refractivity contribution in [2.24, 2.45) is 0 Å². The third-order valence-corrected chi connectivity index (χ3v) is 6.22. The Morgan fingerprint density at radius 3 is 2.62 bits per heavy atom. The summed E-state index contributed by atoms with van der Waals surface area (Å²) >= 11 is 0. The van der Waals surface area contributed by atoms with Gasteiger partial charge in [0.15, 0.2) is 16.9 Å². The molecule has 1 N–H and O–H groups in total. The lowest BCUT2D eigenvalue weighted by Gasteiger charge is -2.51. The largest absolute Gasteiger partial charge is 0.493 e. The van der Waals surface area contributed by atoms with E-state index in [1.165, 1.54) is 6.07 Å². The number of aliphatic hydroxyl groups is 1. The van der Waals surface area contributed by atoms with Crippen molar-refractivity contribution in [2.45, 2.75) is 44.2 Å². The molecule has 0 unspecified atom stereocenters. The Morgan fingerprint density at radius 2 is 1.97 bits per heavy atom. The molecule has 2 aliphatic rings. The molecule has 4 rings (SSSR count). The molecule has 1 fully saturated rings. The molecule has 1 aromatic heterocycles. The minimum Gasteiger partial charge on any atom is -0.493 e. The highest BCUT2D eigenvalue weighted by atomic mass is 16.5. The van der Waals surface area contributed by atoms with E-state index in [9.17, 15) is 14.7 Å². The van der Waals surface area contributed by atoms with Gasteiger partial charge in [0.1, 0.15) is 5.56 Å². The number of benzene rings is 1. The summed E-state index contributed by atoms with van der Waals surface area (Å²) in [6.07, 6.45) is 3.66. The van der Waals surface area contributed by atoms with E-state index in [0.29, 0.717) is 49.7 Å². The van der Waals surface area contributed by atoms with Gasteiger partial charge in [-0.25, -0.2) is 4.79 Å². The number of carbonyl (C=O) groups excluding carboxylic acids is 1. The van der Waals surface area contributed by atoms with Crippen LogP contribution < -0.4 is 14.9 Å². The fourth-order valence-corrected chi connectivity index (χ4v) is 4.74. The van der Waals surface area contributed by atoms with Crippen LogP contribution in [0, 0.1) is 0 Å². The average Bonchev–Trinajstić information content (AvgIpc) is 2.75. The third-order valence-electron chi connectivity index (χ3n) is 6.22. The number of nitrogens with zero attached hydrogens (tertiary/aromatic N) is 1. The zero-order valence-corrected chi connectivity index (χ0v) is 18.7. The van der Waals surface area contributed by atoms with Crippen molar-refractivity contribution in [3.05, 3.63) is 45.7 Å². The summed E-state index contributed by atoms with van der Waals surface area (Å²) in [5, 5.41) is 10.1. The predicted octanol–water partition coefficient (Wildman–Crippen LogP) is 2.52. The molecule has 1 aliphatic heterocycles. The van der Waals surface area contributed by atoms with E-state index in [1.807, 2.05) is 16.7 Å². The standard InChI is InChI=1S/C24H29NO7/c1-4-31-23(28)18-14-25-19(10-20(18)27)17-9-21(30-3)22(32-7-5-6-29-2)8-15(17)11-24(25)12-16(26)13-24/h8-10,14,16,26H,4-7,11-13H2,1-3H3. The molecule has 8 nitrogen and oxygen atoms in total. The van der Waals surface area contributed by atoms with Gasteiger partial charge in [-0.3, -0.25) is 4.79 Å². The van der Waals surface area contributed by atoms with Crippen molar-refractivity contribution >= 4 is 5.97 Å². The fraction of sp³-hybridized carbons (Fsp3) is 0.500. The third kappa shape index (κ3) is 3.89. The Kier molecular flexibility index (Phi) is 6.26. The Hall–Kier alpha value is -2.84. The number of ether oxygens (including phenoxy) is 4. The molecule has 0 saturated heterocycles. The normalized spacial score (nSPS) is 20.8. The van der Waals surface area contributed by atoms with E-state index in [1.54, 1.807) is 27.3 Å². The van der Waals surface area contributed by atoms with Crippen molar-refractivity contribution in [3.63, 3.8) is 0 Å². The highest BCUT2D eigenvalue weighted by Gasteiger charge is 2.48. The number of hydrogen-bond acceptors (Lipinski definition) is 7. The smallest absolute Gasteiger partial charge is 0.343 e. The zero-order chi connectivity index (χ0) is 22.9. The van der Waals surface area contributed by atoms with Crippen LogP contribution in [0.3, 0.4) is 0 Å². The summed E-state index contributed by atoms with van der Waals surface area (Å²) in [5.74, 6) is 0.571. The van der Waals surface area contributed by atoms with Crippen LogP contribution in [0.2, 0.25) is 0 Å². The Morgan fingerprint density at radius 1 is 1.19 bits per heavy atom. The van der Waals surface area contributed by atoms with Gasteiger partial charge in [0, 0.05) is 38.0 Å². The number of rotatable bonds is 8. The number of carbonyl (C=O) groups is 1. The van der Waals surface area contributed by atoms with Gasteiger partial charge in [0.05, 0.1) is 37.7 Å². The summed E-state index contributed by atoms with van der Waals surface area (Å²) in [4.78, 5) is 25.1. The maximum atomic E-state index is 12.8. The first-order valence-electron chi connectivity index (χ1n) is 10.9. The molecule has 1 aliphatic carbocycles. The van der Waals surface area contributed by atoms with Crippen molar-refractivity contribution in [1.29, 1.82) is 0 Å². The highest BCUT2D eigenvalue weighted by Crippen LogP contribution is 2.50. The molecule has 0 bridgehead atoms.